The number of benzene rings is 2. The van der Waals surface area contributed by atoms with Crippen LogP contribution in [-0.2, 0) is 16.0 Å². The lowest BCUT2D eigenvalue weighted by atomic mass is 9.99. The Kier molecular flexibility index (Phi) is 6.37. The molecule has 5 nitrogen and oxygen atoms in total. The van der Waals surface area contributed by atoms with Crippen LogP contribution in [0.25, 0.3) is 10.9 Å². The summed E-state index contributed by atoms with van der Waals surface area (Å²) in [4.78, 5) is 29.7. The minimum Gasteiger partial charge on any atom is -0.466 e. The van der Waals surface area contributed by atoms with E-state index in [0.717, 1.165) is 22.2 Å². The lowest BCUT2D eigenvalue weighted by molar-refractivity contribution is -0.147. The van der Waals surface area contributed by atoms with Gasteiger partial charge in [-0.15, -0.1) is 0 Å². The number of nitrogens with zero attached hydrogens (tertiary/aromatic N) is 1. The molecule has 0 aliphatic carbocycles. The van der Waals surface area contributed by atoms with Crippen LogP contribution in [0.3, 0.4) is 0 Å². The molecule has 0 spiro atoms. The maximum Gasteiger partial charge on any atom is 0.311 e. The van der Waals surface area contributed by atoms with Gasteiger partial charge in [-0.1, -0.05) is 48.5 Å². The Balaban J connectivity index is 1.77. The third-order valence-electron chi connectivity index (χ3n) is 4.54. The molecule has 28 heavy (non-hydrogen) atoms. The van der Waals surface area contributed by atoms with Crippen LogP contribution in [0.2, 0.25) is 0 Å². The molecule has 2 aromatic carbocycles. The summed E-state index contributed by atoms with van der Waals surface area (Å²) in [6.07, 6.45) is 0.510. The van der Waals surface area contributed by atoms with E-state index in [2.05, 4.69) is 10.3 Å². The minimum absolute atomic E-state index is 0.211. The number of aryl methyl sites for hydroxylation is 1. The molecular weight excluding hydrogens is 352 g/mol. The average molecular weight is 376 g/mol. The molecule has 5 heteroatoms. The zero-order valence-electron chi connectivity index (χ0n) is 16.1. The molecule has 1 heterocycles. The number of carbonyl (C=O) groups is 2. The van der Waals surface area contributed by atoms with Crippen LogP contribution < -0.4 is 5.32 Å². The largest absolute Gasteiger partial charge is 0.466 e. The first-order chi connectivity index (χ1) is 13.6. The van der Waals surface area contributed by atoms with Gasteiger partial charge in [-0.3, -0.25) is 14.6 Å². The predicted octanol–water partition coefficient (Wildman–Crippen LogP) is 3.70. The van der Waals surface area contributed by atoms with Crippen LogP contribution in [0, 0.1) is 12.8 Å². The summed E-state index contributed by atoms with van der Waals surface area (Å²) in [6, 6.07) is 19.0. The van der Waals surface area contributed by atoms with E-state index in [1.54, 1.807) is 13.0 Å². The molecule has 0 aliphatic rings. The monoisotopic (exact) mass is 376 g/mol. The number of carbonyl (C=O) groups excluding carboxylic acids is 2. The molecule has 1 aromatic heterocycles. The van der Waals surface area contributed by atoms with Crippen LogP contribution >= 0.6 is 0 Å². The second-order valence-electron chi connectivity index (χ2n) is 6.68. The Bertz CT molecular complexity index is 970. The van der Waals surface area contributed by atoms with Gasteiger partial charge in [0.15, 0.2) is 0 Å². The Hall–Kier alpha value is -3.21. The van der Waals surface area contributed by atoms with E-state index in [9.17, 15) is 9.59 Å². The Labute approximate surface area is 164 Å². The smallest absolute Gasteiger partial charge is 0.311 e. The van der Waals surface area contributed by atoms with Crippen molar-refractivity contribution in [1.29, 1.82) is 0 Å². The fraction of sp³-hybridized carbons (Fsp3) is 0.261. The summed E-state index contributed by atoms with van der Waals surface area (Å²) in [6.45, 7) is 4.16. The molecule has 3 aromatic rings. The fourth-order valence-corrected chi connectivity index (χ4v) is 3.20. The first-order valence-corrected chi connectivity index (χ1v) is 9.43. The summed E-state index contributed by atoms with van der Waals surface area (Å²) in [5.41, 5.74) is 3.14. The molecule has 1 atom stereocenters. The number of pyridine rings is 1. The van der Waals surface area contributed by atoms with E-state index in [1.165, 1.54) is 0 Å². The van der Waals surface area contributed by atoms with E-state index in [0.29, 0.717) is 18.6 Å². The second kappa shape index (κ2) is 9.13. The van der Waals surface area contributed by atoms with Crippen molar-refractivity contribution in [3.63, 3.8) is 0 Å². The highest BCUT2D eigenvalue weighted by Crippen LogP contribution is 2.18. The summed E-state index contributed by atoms with van der Waals surface area (Å²) in [5, 5.41) is 3.70. The molecule has 0 saturated heterocycles. The van der Waals surface area contributed by atoms with Crippen molar-refractivity contribution in [2.75, 3.05) is 13.2 Å². The summed E-state index contributed by atoms with van der Waals surface area (Å²) in [5.74, 6) is -0.966. The molecule has 1 N–H and O–H groups in total. The quantitative estimate of drug-likeness (QED) is 0.639. The predicted molar refractivity (Wildman–Crippen MR) is 109 cm³/mol. The van der Waals surface area contributed by atoms with E-state index < -0.39 is 5.92 Å². The van der Waals surface area contributed by atoms with Gasteiger partial charge < -0.3 is 10.1 Å². The van der Waals surface area contributed by atoms with E-state index >= 15 is 0 Å². The number of ether oxygens (including phenoxy) is 1. The van der Waals surface area contributed by atoms with Gasteiger partial charge in [0.05, 0.1) is 23.6 Å². The molecule has 144 valence electrons. The number of fused-ring (bicyclic) bond motifs is 1. The van der Waals surface area contributed by atoms with Crippen molar-refractivity contribution < 1.29 is 14.3 Å². The first kappa shape index (κ1) is 19.5. The minimum atomic E-state index is -0.444. The standard InChI is InChI=1S/C23H24N2O3/c1-3-28-23(27)18(14-17-9-5-4-6-10-17)15-24-22(26)20-13-16(2)25-21-12-8-7-11-19(20)21/h4-13,18H,3,14-15H2,1-2H3,(H,24,26). The number of amides is 1. The fourth-order valence-electron chi connectivity index (χ4n) is 3.20. The van der Waals surface area contributed by atoms with Crippen LogP contribution in [0.1, 0.15) is 28.5 Å². The number of nitrogens with one attached hydrogen (secondary N) is 1. The number of esters is 1. The van der Waals surface area contributed by atoms with E-state index in [-0.39, 0.29) is 18.4 Å². The maximum atomic E-state index is 12.9. The SMILES string of the molecule is CCOC(=O)C(CNC(=O)c1cc(C)nc2ccccc12)Cc1ccccc1. The number of hydrogen-bond donors (Lipinski definition) is 1. The molecule has 0 bridgehead atoms. The molecule has 1 amide bonds. The number of para-hydroxylation sites is 1. The Morgan fingerprint density at radius 2 is 1.79 bits per heavy atom. The summed E-state index contributed by atoms with van der Waals surface area (Å²) in [7, 11) is 0. The van der Waals surface area contributed by atoms with Gasteiger partial charge in [0.25, 0.3) is 5.91 Å². The molecule has 0 aliphatic heterocycles. The van der Waals surface area contributed by atoms with Crippen molar-refractivity contribution in [3.05, 3.63) is 77.5 Å². The third-order valence-corrected chi connectivity index (χ3v) is 4.54. The molecule has 1 unspecified atom stereocenters. The van der Waals surface area contributed by atoms with E-state index in [1.807, 2.05) is 61.5 Å². The molecule has 0 fully saturated rings. The van der Waals surface area contributed by atoms with Crippen molar-refractivity contribution >= 4 is 22.8 Å². The van der Waals surface area contributed by atoms with Gasteiger partial charge in [0.2, 0.25) is 0 Å². The molecule has 0 saturated carbocycles. The molecular formula is C23H24N2O3. The maximum absolute atomic E-state index is 12.9. The topological polar surface area (TPSA) is 68.3 Å². The van der Waals surface area contributed by atoms with Gasteiger partial charge in [-0.05, 0) is 38.0 Å². The van der Waals surface area contributed by atoms with Crippen molar-refractivity contribution in [1.82, 2.24) is 10.3 Å². The number of rotatable bonds is 7. The van der Waals surface area contributed by atoms with Crippen LogP contribution in [0.15, 0.2) is 60.7 Å². The Morgan fingerprint density at radius 3 is 2.54 bits per heavy atom. The van der Waals surface area contributed by atoms with Crippen molar-refractivity contribution in [2.24, 2.45) is 5.92 Å². The van der Waals surface area contributed by atoms with Gasteiger partial charge in [-0.2, -0.15) is 0 Å². The normalized spacial score (nSPS) is 11.8. The average Bonchev–Trinajstić information content (AvgIpc) is 2.71. The Morgan fingerprint density at radius 1 is 1.07 bits per heavy atom. The highest BCUT2D eigenvalue weighted by Gasteiger charge is 2.22. The van der Waals surface area contributed by atoms with Crippen LogP contribution in [0.5, 0.6) is 0 Å². The number of hydrogen-bond acceptors (Lipinski definition) is 4. The van der Waals surface area contributed by atoms with Crippen molar-refractivity contribution in [2.45, 2.75) is 20.3 Å². The highest BCUT2D eigenvalue weighted by molar-refractivity contribution is 6.06. The van der Waals surface area contributed by atoms with Gasteiger partial charge in [-0.25, -0.2) is 0 Å². The lowest BCUT2D eigenvalue weighted by Gasteiger charge is -2.17. The summed E-state index contributed by atoms with van der Waals surface area (Å²) < 4.78 is 5.20. The van der Waals surface area contributed by atoms with Gasteiger partial charge >= 0.3 is 5.97 Å². The number of aromatic nitrogens is 1. The first-order valence-electron chi connectivity index (χ1n) is 9.43. The molecule has 0 radical (unpaired) electrons. The van der Waals surface area contributed by atoms with Gasteiger partial charge in [0.1, 0.15) is 0 Å². The zero-order valence-corrected chi connectivity index (χ0v) is 16.1. The highest BCUT2D eigenvalue weighted by atomic mass is 16.5. The lowest BCUT2D eigenvalue weighted by Crippen LogP contribution is -2.35. The van der Waals surface area contributed by atoms with Crippen molar-refractivity contribution in [3.8, 4) is 0 Å². The second-order valence-corrected chi connectivity index (χ2v) is 6.68. The third kappa shape index (κ3) is 4.74. The van der Waals surface area contributed by atoms with Gasteiger partial charge in [0, 0.05) is 17.6 Å². The van der Waals surface area contributed by atoms with E-state index in [4.69, 9.17) is 4.74 Å². The molecule has 3 rings (SSSR count). The summed E-state index contributed by atoms with van der Waals surface area (Å²) >= 11 is 0. The van der Waals surface area contributed by atoms with Crippen LogP contribution in [-0.4, -0.2) is 30.0 Å². The van der Waals surface area contributed by atoms with Crippen LogP contribution in [0.4, 0.5) is 0 Å². The zero-order chi connectivity index (χ0) is 19.9.